The summed E-state index contributed by atoms with van der Waals surface area (Å²) in [5.41, 5.74) is 6.20. The summed E-state index contributed by atoms with van der Waals surface area (Å²) in [6.45, 7) is 0.591. The lowest BCUT2D eigenvalue weighted by molar-refractivity contribution is -0.120. The van der Waals surface area contributed by atoms with Gasteiger partial charge < -0.3 is 15.0 Å². The summed E-state index contributed by atoms with van der Waals surface area (Å²) in [4.78, 5) is 47.4. The maximum absolute atomic E-state index is 14.1. The second-order valence-electron chi connectivity index (χ2n) is 11.5. The minimum atomic E-state index is -0.650. The Bertz CT molecular complexity index is 1740. The van der Waals surface area contributed by atoms with Gasteiger partial charge in [-0.15, -0.1) is 0 Å². The number of nitrogens with zero attached hydrogens (tertiary/aromatic N) is 2. The van der Waals surface area contributed by atoms with Gasteiger partial charge in [-0.3, -0.25) is 14.5 Å². The van der Waals surface area contributed by atoms with Crippen molar-refractivity contribution in [2.24, 2.45) is 0 Å². The van der Waals surface area contributed by atoms with Crippen LogP contribution in [0.2, 0.25) is 0 Å². The van der Waals surface area contributed by atoms with Gasteiger partial charge in [0.1, 0.15) is 17.8 Å². The van der Waals surface area contributed by atoms with Crippen molar-refractivity contribution in [1.82, 2.24) is 15.2 Å². The molecule has 3 aliphatic rings. The van der Waals surface area contributed by atoms with Crippen LogP contribution < -0.4 is 15.0 Å². The minimum absolute atomic E-state index is 0.163. The van der Waals surface area contributed by atoms with Gasteiger partial charge in [-0.2, -0.15) is 0 Å². The molecule has 0 spiro atoms. The van der Waals surface area contributed by atoms with Crippen LogP contribution >= 0.6 is 0 Å². The van der Waals surface area contributed by atoms with Crippen LogP contribution in [0.25, 0.3) is 10.9 Å². The molecule has 1 saturated heterocycles. The number of imide groups is 1. The molecule has 2 aliphatic heterocycles. The fraction of sp³-hybridized carbons (Fsp3) is 0.286. The number of para-hydroxylation sites is 1. The van der Waals surface area contributed by atoms with E-state index in [4.69, 9.17) is 4.74 Å². The summed E-state index contributed by atoms with van der Waals surface area (Å²) < 4.78 is 5.37. The molecule has 1 aromatic heterocycles. The quantitative estimate of drug-likeness (QED) is 0.201. The van der Waals surface area contributed by atoms with Crippen molar-refractivity contribution < 1.29 is 19.1 Å². The monoisotopic (exact) mass is 574 g/mol. The fourth-order valence-corrected chi connectivity index (χ4v) is 6.78. The molecule has 3 heterocycles. The van der Waals surface area contributed by atoms with Gasteiger partial charge in [0.2, 0.25) is 0 Å². The fourth-order valence-electron chi connectivity index (χ4n) is 6.78. The number of anilines is 1. The van der Waals surface area contributed by atoms with Crippen LogP contribution in [0, 0.1) is 0 Å². The van der Waals surface area contributed by atoms with Gasteiger partial charge in [0.05, 0.1) is 12.8 Å². The predicted octanol–water partition coefficient (Wildman–Crippen LogP) is 6.28. The number of H-pyrrole nitrogens is 1. The smallest absolute Gasteiger partial charge is 0.332 e. The summed E-state index contributed by atoms with van der Waals surface area (Å²) in [6, 6.07) is 20.9. The number of hydrogen-bond acceptors (Lipinski definition) is 4. The van der Waals surface area contributed by atoms with Crippen molar-refractivity contribution in [2.75, 3.05) is 18.6 Å². The molecule has 43 heavy (non-hydrogen) atoms. The molecule has 1 fully saturated rings. The molecule has 2 atom stereocenters. The standard InChI is InChI=1S/C35H34N4O4/c1-43-26-17-13-23(14-18-26)32-31-28(27-9-5-6-10-29(27)37-31)21-30-34(41)38(35(42)39(30)32)25-15-11-24(12-16-25)33(40)36-20-19-22-7-3-2-4-8-22/h5-7,9-18,30,32,37H,2-4,8,19-21H2,1H3,(H,36,40). The number of aromatic nitrogens is 1. The third-order valence-electron chi connectivity index (χ3n) is 8.99. The Morgan fingerprint density at radius 3 is 2.53 bits per heavy atom. The van der Waals surface area contributed by atoms with E-state index in [1.54, 1.807) is 36.3 Å². The largest absolute Gasteiger partial charge is 0.497 e. The average Bonchev–Trinajstić information content (AvgIpc) is 3.54. The number of nitrogens with one attached hydrogen (secondary N) is 2. The number of hydrogen-bond donors (Lipinski definition) is 2. The number of aromatic amines is 1. The molecule has 218 valence electrons. The molecule has 8 heteroatoms. The van der Waals surface area contributed by atoms with Gasteiger partial charge in [0.25, 0.3) is 11.8 Å². The van der Waals surface area contributed by atoms with E-state index >= 15 is 0 Å². The Kier molecular flexibility index (Phi) is 6.97. The third kappa shape index (κ3) is 4.76. The number of allylic oxidation sites excluding steroid dienone is 1. The second kappa shape index (κ2) is 11.1. The maximum Gasteiger partial charge on any atom is 0.332 e. The first-order valence-electron chi connectivity index (χ1n) is 15.0. The Morgan fingerprint density at radius 2 is 1.79 bits per heavy atom. The summed E-state index contributed by atoms with van der Waals surface area (Å²) in [7, 11) is 1.62. The van der Waals surface area contributed by atoms with Gasteiger partial charge >= 0.3 is 6.03 Å². The first-order chi connectivity index (χ1) is 21.0. The molecule has 4 amide bonds. The van der Waals surface area contributed by atoms with Crippen molar-refractivity contribution in [3.63, 3.8) is 0 Å². The van der Waals surface area contributed by atoms with Crippen LogP contribution in [-0.2, 0) is 11.2 Å². The molecule has 0 radical (unpaired) electrons. The molecule has 2 N–H and O–H groups in total. The molecule has 2 unspecified atom stereocenters. The molecule has 0 saturated carbocycles. The van der Waals surface area contributed by atoms with E-state index in [9.17, 15) is 14.4 Å². The van der Waals surface area contributed by atoms with E-state index in [1.807, 2.05) is 42.5 Å². The normalized spacial score (nSPS) is 19.7. The molecule has 3 aromatic carbocycles. The first-order valence-corrected chi connectivity index (χ1v) is 15.0. The Hall–Kier alpha value is -4.85. The topological polar surface area (TPSA) is 94.7 Å². The number of urea groups is 1. The second-order valence-corrected chi connectivity index (χ2v) is 11.5. The highest BCUT2D eigenvalue weighted by Gasteiger charge is 2.53. The van der Waals surface area contributed by atoms with Gasteiger partial charge in [0.15, 0.2) is 0 Å². The number of methoxy groups -OCH3 is 1. The van der Waals surface area contributed by atoms with Gasteiger partial charge in [-0.1, -0.05) is 42.0 Å². The van der Waals surface area contributed by atoms with E-state index in [0.717, 1.165) is 47.0 Å². The van der Waals surface area contributed by atoms with Gasteiger partial charge in [0, 0.05) is 35.1 Å². The predicted molar refractivity (Wildman–Crippen MR) is 165 cm³/mol. The van der Waals surface area contributed by atoms with Crippen molar-refractivity contribution in [3.8, 4) is 5.75 Å². The van der Waals surface area contributed by atoms with Crippen molar-refractivity contribution >= 4 is 34.4 Å². The molecular weight excluding hydrogens is 540 g/mol. The minimum Gasteiger partial charge on any atom is -0.497 e. The number of amides is 4. The summed E-state index contributed by atoms with van der Waals surface area (Å²) in [5, 5.41) is 4.06. The molecule has 0 bridgehead atoms. The van der Waals surface area contributed by atoms with E-state index in [2.05, 4.69) is 22.4 Å². The van der Waals surface area contributed by atoms with Crippen molar-refractivity contribution in [3.05, 3.63) is 107 Å². The van der Waals surface area contributed by atoms with E-state index in [1.165, 1.54) is 23.3 Å². The van der Waals surface area contributed by atoms with Crippen LogP contribution in [0.1, 0.15) is 65.3 Å². The van der Waals surface area contributed by atoms with Gasteiger partial charge in [-0.05, 0) is 85.7 Å². The Labute approximate surface area is 250 Å². The lowest BCUT2D eigenvalue weighted by Crippen LogP contribution is -2.44. The number of carbonyl (C=O) groups is 3. The van der Waals surface area contributed by atoms with Crippen molar-refractivity contribution in [1.29, 1.82) is 0 Å². The lowest BCUT2D eigenvalue weighted by Gasteiger charge is -2.36. The highest BCUT2D eigenvalue weighted by atomic mass is 16.5. The zero-order chi connectivity index (χ0) is 29.5. The Balaban J connectivity index is 1.16. The Morgan fingerprint density at radius 1 is 1.00 bits per heavy atom. The zero-order valence-corrected chi connectivity index (χ0v) is 24.1. The van der Waals surface area contributed by atoms with E-state index in [-0.39, 0.29) is 17.8 Å². The highest BCUT2D eigenvalue weighted by Crippen LogP contribution is 2.45. The number of ether oxygens (including phenoxy) is 1. The maximum atomic E-state index is 14.1. The van der Waals surface area contributed by atoms with Crippen LogP contribution in [0.3, 0.4) is 0 Å². The van der Waals surface area contributed by atoms with Crippen LogP contribution in [0.5, 0.6) is 5.75 Å². The van der Waals surface area contributed by atoms with Crippen molar-refractivity contribution in [2.45, 2.75) is 50.6 Å². The van der Waals surface area contributed by atoms with Crippen LogP contribution in [0.4, 0.5) is 10.5 Å². The molecule has 8 nitrogen and oxygen atoms in total. The molecule has 7 rings (SSSR count). The summed E-state index contributed by atoms with van der Waals surface area (Å²) >= 11 is 0. The number of rotatable bonds is 7. The summed E-state index contributed by atoms with van der Waals surface area (Å²) in [5.74, 6) is 0.287. The first kappa shape index (κ1) is 27.0. The summed E-state index contributed by atoms with van der Waals surface area (Å²) in [6.07, 6.45) is 8.28. The van der Waals surface area contributed by atoms with E-state index in [0.29, 0.717) is 30.0 Å². The zero-order valence-electron chi connectivity index (χ0n) is 24.1. The lowest BCUT2D eigenvalue weighted by atomic mass is 9.89. The van der Waals surface area contributed by atoms with E-state index < -0.39 is 12.1 Å². The SMILES string of the molecule is COc1ccc(C2c3[nH]c4ccccc4c3CC3C(=O)N(c4ccc(C(=O)NCCC5=CCCCC5)cc4)C(=O)N32)cc1. The number of benzene rings is 3. The number of fused-ring (bicyclic) bond motifs is 4. The highest BCUT2D eigenvalue weighted by molar-refractivity contribution is 6.22. The van der Waals surface area contributed by atoms with Crippen LogP contribution in [-0.4, -0.2) is 47.4 Å². The average molecular weight is 575 g/mol. The number of carbonyl (C=O) groups excluding carboxylic acids is 3. The van der Waals surface area contributed by atoms with Crippen LogP contribution in [0.15, 0.2) is 84.4 Å². The molecule has 1 aliphatic carbocycles. The third-order valence-corrected chi connectivity index (χ3v) is 8.99. The molecule has 4 aromatic rings. The molecular formula is C35H34N4O4. The van der Waals surface area contributed by atoms with Gasteiger partial charge in [-0.25, -0.2) is 9.69 Å².